The highest BCUT2D eigenvalue weighted by Gasteiger charge is 2.19. The summed E-state index contributed by atoms with van der Waals surface area (Å²) in [7, 11) is 1.69. The molecule has 0 saturated heterocycles. The van der Waals surface area contributed by atoms with E-state index in [9.17, 15) is 4.79 Å². The van der Waals surface area contributed by atoms with Crippen LogP contribution in [0.15, 0.2) is 23.0 Å². The van der Waals surface area contributed by atoms with Gasteiger partial charge >= 0.3 is 0 Å². The summed E-state index contributed by atoms with van der Waals surface area (Å²) in [5.74, 6) is 1.87. The molecule has 2 heterocycles. The number of benzene rings is 1. The lowest BCUT2D eigenvalue weighted by Gasteiger charge is -2.20. The number of H-pyrrole nitrogens is 1. The summed E-state index contributed by atoms with van der Waals surface area (Å²) >= 11 is 0. The van der Waals surface area contributed by atoms with Crippen LogP contribution in [0.3, 0.4) is 0 Å². The third kappa shape index (κ3) is 4.80. The van der Waals surface area contributed by atoms with Crippen LogP contribution >= 0.6 is 0 Å². The Hall–Kier alpha value is -2.18. The molecule has 0 radical (unpaired) electrons. The normalized spacial score (nSPS) is 14.8. The second kappa shape index (κ2) is 9.34. The van der Waals surface area contributed by atoms with Crippen molar-refractivity contribution >= 4 is 0 Å². The van der Waals surface area contributed by atoms with E-state index in [1.54, 1.807) is 7.11 Å². The quantitative estimate of drug-likeness (QED) is 0.793. The predicted molar refractivity (Wildman–Crippen MR) is 110 cm³/mol. The minimum Gasteiger partial charge on any atom is -0.496 e. The average Bonchev–Trinajstić information content (AvgIpc) is 2.89. The summed E-state index contributed by atoms with van der Waals surface area (Å²) in [6.07, 6.45) is 1.54. The van der Waals surface area contributed by atoms with Crippen LogP contribution in [0.5, 0.6) is 5.75 Å². The van der Waals surface area contributed by atoms with Gasteiger partial charge in [-0.2, -0.15) is 0 Å². The van der Waals surface area contributed by atoms with Crippen molar-refractivity contribution in [2.75, 3.05) is 26.8 Å². The van der Waals surface area contributed by atoms with E-state index < -0.39 is 0 Å². The van der Waals surface area contributed by atoms with Gasteiger partial charge in [-0.05, 0) is 31.0 Å². The molecule has 6 heteroatoms. The molecule has 2 aromatic rings. The molecule has 6 nitrogen and oxygen atoms in total. The van der Waals surface area contributed by atoms with E-state index in [0.717, 1.165) is 60.9 Å². The second-order valence-corrected chi connectivity index (χ2v) is 7.59. The number of nitrogens with zero attached hydrogens (tertiary/aromatic N) is 2. The van der Waals surface area contributed by atoms with Gasteiger partial charge in [-0.15, -0.1) is 0 Å². The Morgan fingerprint density at radius 2 is 2.04 bits per heavy atom. The lowest BCUT2D eigenvalue weighted by Crippen LogP contribution is -2.26. The highest BCUT2D eigenvalue weighted by Crippen LogP contribution is 2.22. The van der Waals surface area contributed by atoms with Crippen LogP contribution in [0.4, 0.5) is 0 Å². The van der Waals surface area contributed by atoms with Gasteiger partial charge in [-0.1, -0.05) is 19.9 Å². The molecule has 1 aromatic carbocycles. The summed E-state index contributed by atoms with van der Waals surface area (Å²) in [4.78, 5) is 22.6. The Balaban J connectivity index is 1.73. The number of hydrogen-bond donors (Lipinski definition) is 1. The number of nitrogens with one attached hydrogen (secondary N) is 1. The zero-order chi connectivity index (χ0) is 20.1. The van der Waals surface area contributed by atoms with Crippen molar-refractivity contribution < 1.29 is 9.47 Å². The van der Waals surface area contributed by atoms with Crippen LogP contribution in [0.2, 0.25) is 0 Å². The summed E-state index contributed by atoms with van der Waals surface area (Å²) in [6.45, 7) is 9.92. The maximum Gasteiger partial charge on any atom is 0.254 e. The third-order valence-corrected chi connectivity index (χ3v) is 5.22. The largest absolute Gasteiger partial charge is 0.496 e. The SMILES string of the molecule is CCOCc1cc(CN2CCc3nc(C(C)C)[nH]c(=O)c3CC2)ccc1OC. The molecule has 3 rings (SSSR count). The molecule has 0 bridgehead atoms. The van der Waals surface area contributed by atoms with Crippen molar-refractivity contribution in [3.8, 4) is 5.75 Å². The molecule has 152 valence electrons. The van der Waals surface area contributed by atoms with Crippen molar-refractivity contribution in [1.29, 1.82) is 0 Å². The average molecular weight is 386 g/mol. The fourth-order valence-corrected chi connectivity index (χ4v) is 3.62. The fourth-order valence-electron chi connectivity index (χ4n) is 3.62. The summed E-state index contributed by atoms with van der Waals surface area (Å²) in [5.41, 5.74) is 4.13. The number of fused-ring (bicyclic) bond motifs is 1. The Morgan fingerprint density at radius 3 is 2.75 bits per heavy atom. The Morgan fingerprint density at radius 1 is 1.25 bits per heavy atom. The van der Waals surface area contributed by atoms with Crippen molar-refractivity contribution in [2.45, 2.75) is 52.7 Å². The molecule has 1 aliphatic rings. The Bertz CT molecular complexity index is 861. The molecule has 0 atom stereocenters. The number of hydrogen-bond acceptors (Lipinski definition) is 5. The molecule has 1 aliphatic heterocycles. The predicted octanol–water partition coefficient (Wildman–Crippen LogP) is 3.04. The summed E-state index contributed by atoms with van der Waals surface area (Å²) in [6, 6.07) is 6.28. The molecule has 0 aliphatic carbocycles. The first-order valence-corrected chi connectivity index (χ1v) is 10.1. The number of aromatic amines is 1. The van der Waals surface area contributed by atoms with Crippen LogP contribution in [-0.2, 0) is 30.7 Å². The van der Waals surface area contributed by atoms with Crippen molar-refractivity contribution in [1.82, 2.24) is 14.9 Å². The standard InChI is InChI=1S/C22H31N3O3/c1-5-28-14-17-12-16(6-7-20(17)27-4)13-25-10-8-18-19(9-11-25)23-21(15(2)3)24-22(18)26/h6-7,12,15H,5,8-11,13-14H2,1-4H3,(H,23,24,26). The summed E-state index contributed by atoms with van der Waals surface area (Å²) < 4.78 is 11.0. The van der Waals surface area contributed by atoms with Gasteiger partial charge in [-0.25, -0.2) is 4.98 Å². The van der Waals surface area contributed by atoms with E-state index in [0.29, 0.717) is 13.2 Å². The molecule has 0 amide bonds. The second-order valence-electron chi connectivity index (χ2n) is 7.59. The van der Waals surface area contributed by atoms with Crippen molar-refractivity contribution in [3.05, 3.63) is 56.8 Å². The highest BCUT2D eigenvalue weighted by atomic mass is 16.5. The maximum atomic E-state index is 12.5. The number of rotatable bonds is 7. The fraction of sp³-hybridized carbons (Fsp3) is 0.545. The number of ether oxygens (including phenoxy) is 2. The van der Waals surface area contributed by atoms with E-state index >= 15 is 0 Å². The Labute approximate surface area is 166 Å². The van der Waals surface area contributed by atoms with E-state index in [2.05, 4.69) is 35.9 Å². The van der Waals surface area contributed by atoms with Crippen LogP contribution in [0.25, 0.3) is 0 Å². The van der Waals surface area contributed by atoms with Crippen LogP contribution in [0.1, 0.15) is 54.9 Å². The molecular weight excluding hydrogens is 354 g/mol. The molecule has 0 fully saturated rings. The van der Waals surface area contributed by atoms with Gasteiger partial charge in [-0.3, -0.25) is 9.69 Å². The minimum absolute atomic E-state index is 0.0269. The topological polar surface area (TPSA) is 67.5 Å². The van der Waals surface area contributed by atoms with Gasteiger partial charge in [0.1, 0.15) is 11.6 Å². The monoisotopic (exact) mass is 385 g/mol. The third-order valence-electron chi connectivity index (χ3n) is 5.22. The van der Waals surface area contributed by atoms with Gasteiger partial charge < -0.3 is 14.5 Å². The molecule has 28 heavy (non-hydrogen) atoms. The van der Waals surface area contributed by atoms with E-state index in [-0.39, 0.29) is 11.5 Å². The van der Waals surface area contributed by atoms with E-state index in [4.69, 9.17) is 14.5 Å². The highest BCUT2D eigenvalue weighted by molar-refractivity contribution is 5.37. The number of aromatic nitrogens is 2. The first-order chi connectivity index (χ1) is 13.5. The summed E-state index contributed by atoms with van der Waals surface area (Å²) in [5, 5.41) is 0. The minimum atomic E-state index is 0.0269. The number of methoxy groups -OCH3 is 1. The molecule has 1 N–H and O–H groups in total. The first-order valence-electron chi connectivity index (χ1n) is 10.1. The lowest BCUT2D eigenvalue weighted by molar-refractivity contribution is 0.132. The van der Waals surface area contributed by atoms with Gasteiger partial charge in [0.15, 0.2) is 0 Å². The van der Waals surface area contributed by atoms with Crippen LogP contribution < -0.4 is 10.3 Å². The van der Waals surface area contributed by atoms with Gasteiger partial charge in [0.05, 0.1) is 19.4 Å². The molecule has 1 aromatic heterocycles. The van der Waals surface area contributed by atoms with Crippen molar-refractivity contribution in [2.24, 2.45) is 0 Å². The van der Waals surface area contributed by atoms with Gasteiger partial charge in [0.2, 0.25) is 0 Å². The zero-order valence-corrected chi connectivity index (χ0v) is 17.4. The molecule has 0 unspecified atom stereocenters. The molecular formula is C22H31N3O3. The van der Waals surface area contributed by atoms with E-state index in [1.807, 2.05) is 13.0 Å². The first kappa shape index (κ1) is 20.6. The molecule has 0 saturated carbocycles. The van der Waals surface area contributed by atoms with Gasteiger partial charge in [0.25, 0.3) is 5.56 Å². The zero-order valence-electron chi connectivity index (χ0n) is 17.4. The van der Waals surface area contributed by atoms with Crippen LogP contribution in [-0.4, -0.2) is 41.7 Å². The van der Waals surface area contributed by atoms with Gasteiger partial charge in [0, 0.05) is 49.7 Å². The lowest BCUT2D eigenvalue weighted by atomic mass is 10.1. The van der Waals surface area contributed by atoms with E-state index in [1.165, 1.54) is 5.56 Å². The van der Waals surface area contributed by atoms with Crippen molar-refractivity contribution in [3.63, 3.8) is 0 Å². The molecule has 0 spiro atoms. The maximum absolute atomic E-state index is 12.5. The Kier molecular flexibility index (Phi) is 6.86. The smallest absolute Gasteiger partial charge is 0.254 e. The van der Waals surface area contributed by atoms with Crippen LogP contribution in [0, 0.1) is 0 Å².